The molecule has 4 aromatic carbocycles. The molecule has 0 heterocycles. The zero-order valence-corrected chi connectivity index (χ0v) is 16.3. The molecule has 0 fully saturated rings. The van der Waals surface area contributed by atoms with E-state index in [4.69, 9.17) is 5.73 Å². The van der Waals surface area contributed by atoms with Gasteiger partial charge in [-0.3, -0.25) is 0 Å². The van der Waals surface area contributed by atoms with Gasteiger partial charge in [0.2, 0.25) is 0 Å². The number of nitrogen functional groups attached to an aromatic ring is 1. The Hall–Kier alpha value is -2.89. The number of benzene rings is 4. The predicted molar refractivity (Wildman–Crippen MR) is 121 cm³/mol. The van der Waals surface area contributed by atoms with E-state index in [-0.39, 0.29) is 0 Å². The van der Waals surface area contributed by atoms with Crippen molar-refractivity contribution in [2.75, 3.05) is 5.73 Å². The maximum absolute atomic E-state index is 5.94. The van der Waals surface area contributed by atoms with Crippen molar-refractivity contribution in [2.24, 2.45) is 0 Å². The van der Waals surface area contributed by atoms with Gasteiger partial charge in [-0.15, -0.1) is 0 Å². The van der Waals surface area contributed by atoms with Crippen LogP contribution in [0.25, 0.3) is 0 Å². The molecule has 0 bridgehead atoms. The van der Waals surface area contributed by atoms with Gasteiger partial charge in [0.1, 0.15) is 0 Å². The van der Waals surface area contributed by atoms with Crippen LogP contribution in [-0.4, -0.2) is 0 Å². The van der Waals surface area contributed by atoms with Crippen LogP contribution in [0.2, 0.25) is 0 Å². The molecule has 0 aliphatic carbocycles. The Balaban J connectivity index is 1.98. The Labute approximate surface area is 161 Å². The van der Waals surface area contributed by atoms with Gasteiger partial charge in [0, 0.05) is 0 Å². The molecule has 0 atom stereocenters. The first-order valence-electron chi connectivity index (χ1n) is 9.30. The molecule has 0 aliphatic heterocycles. The van der Waals surface area contributed by atoms with Crippen molar-refractivity contribution in [3.63, 3.8) is 0 Å². The standard InChI is InChI=1S/C25H24NP/c26-22-18-16-21(17-19-22)20-27(23-10-4-1-5-11-23,24-12-6-2-7-13-24)25-14-8-3-9-15-25/h1-19,27H,20,26H2. The summed E-state index contributed by atoms with van der Waals surface area (Å²) in [7, 11) is -2.22. The third kappa shape index (κ3) is 3.52. The molecule has 0 spiro atoms. The maximum atomic E-state index is 5.94. The van der Waals surface area contributed by atoms with E-state index in [0.717, 1.165) is 11.8 Å². The molecule has 27 heavy (non-hydrogen) atoms. The molecule has 2 heteroatoms. The van der Waals surface area contributed by atoms with E-state index < -0.39 is 7.26 Å². The molecule has 4 rings (SSSR count). The SMILES string of the molecule is Nc1ccc(C[PH](c2ccccc2)(c2ccccc2)c2ccccc2)cc1. The van der Waals surface area contributed by atoms with E-state index in [1.54, 1.807) is 0 Å². The fraction of sp³-hybridized carbons (Fsp3) is 0.0400. The Morgan fingerprint density at radius 1 is 0.481 bits per heavy atom. The summed E-state index contributed by atoms with van der Waals surface area (Å²) in [5.74, 6) is 0. The molecule has 1 nitrogen and oxygen atoms in total. The number of hydrogen-bond donors (Lipinski definition) is 1. The van der Waals surface area contributed by atoms with Gasteiger partial charge in [-0.1, -0.05) is 0 Å². The minimum atomic E-state index is -2.22. The Bertz CT molecular complexity index is 884. The number of nitrogens with two attached hydrogens (primary N) is 1. The molecule has 0 saturated heterocycles. The molecule has 0 aromatic heterocycles. The summed E-state index contributed by atoms with van der Waals surface area (Å²) in [5.41, 5.74) is 8.07. The van der Waals surface area contributed by atoms with Crippen molar-refractivity contribution in [1.82, 2.24) is 0 Å². The van der Waals surface area contributed by atoms with E-state index in [0.29, 0.717) is 0 Å². The summed E-state index contributed by atoms with van der Waals surface area (Å²) < 4.78 is 0. The number of rotatable bonds is 5. The first-order chi connectivity index (χ1) is 13.3. The molecule has 0 amide bonds. The third-order valence-corrected chi connectivity index (χ3v) is 10.1. The van der Waals surface area contributed by atoms with E-state index in [9.17, 15) is 0 Å². The van der Waals surface area contributed by atoms with Gasteiger partial charge < -0.3 is 0 Å². The van der Waals surface area contributed by atoms with E-state index in [2.05, 4.69) is 103 Å². The van der Waals surface area contributed by atoms with Gasteiger partial charge in [-0.25, -0.2) is 0 Å². The summed E-state index contributed by atoms with van der Waals surface area (Å²) in [6.07, 6.45) is 1.01. The van der Waals surface area contributed by atoms with E-state index >= 15 is 0 Å². The second-order valence-electron chi connectivity index (χ2n) is 6.92. The molecule has 0 radical (unpaired) electrons. The molecule has 0 saturated carbocycles. The molecule has 0 unspecified atom stereocenters. The van der Waals surface area contributed by atoms with Crippen LogP contribution in [0.3, 0.4) is 0 Å². The zero-order valence-electron chi connectivity index (χ0n) is 15.3. The second-order valence-corrected chi connectivity index (χ2v) is 10.8. The van der Waals surface area contributed by atoms with Crippen LogP contribution in [0.5, 0.6) is 0 Å². The van der Waals surface area contributed by atoms with Crippen molar-refractivity contribution in [1.29, 1.82) is 0 Å². The van der Waals surface area contributed by atoms with E-state index in [1.807, 2.05) is 12.1 Å². The first kappa shape index (κ1) is 17.5. The van der Waals surface area contributed by atoms with Crippen LogP contribution < -0.4 is 21.6 Å². The van der Waals surface area contributed by atoms with Crippen molar-refractivity contribution >= 4 is 28.9 Å². The molecule has 0 aliphatic rings. The van der Waals surface area contributed by atoms with Gasteiger partial charge in [0.15, 0.2) is 0 Å². The summed E-state index contributed by atoms with van der Waals surface area (Å²) in [6.45, 7) is 0. The van der Waals surface area contributed by atoms with Gasteiger partial charge in [0.05, 0.1) is 0 Å². The summed E-state index contributed by atoms with van der Waals surface area (Å²) in [4.78, 5) is 0. The van der Waals surface area contributed by atoms with Crippen molar-refractivity contribution < 1.29 is 0 Å². The Morgan fingerprint density at radius 2 is 0.852 bits per heavy atom. The topological polar surface area (TPSA) is 26.0 Å². The zero-order chi connectivity index (χ0) is 18.5. The van der Waals surface area contributed by atoms with Gasteiger partial charge >= 0.3 is 162 Å². The second kappa shape index (κ2) is 7.78. The molecule has 4 aromatic rings. The van der Waals surface area contributed by atoms with Crippen LogP contribution >= 0.6 is 7.26 Å². The normalized spacial score (nSPS) is 11.9. The Morgan fingerprint density at radius 3 is 1.22 bits per heavy atom. The quantitative estimate of drug-likeness (QED) is 0.407. The fourth-order valence-corrected chi connectivity index (χ4v) is 8.66. The van der Waals surface area contributed by atoms with Crippen molar-refractivity contribution in [2.45, 2.75) is 6.16 Å². The van der Waals surface area contributed by atoms with Crippen LogP contribution in [-0.2, 0) is 6.16 Å². The van der Waals surface area contributed by atoms with Gasteiger partial charge in [-0.05, 0) is 0 Å². The first-order valence-corrected chi connectivity index (χ1v) is 11.5. The monoisotopic (exact) mass is 369 g/mol. The predicted octanol–water partition coefficient (Wildman–Crippen LogP) is 4.50. The fourth-order valence-electron chi connectivity index (χ4n) is 3.92. The van der Waals surface area contributed by atoms with E-state index in [1.165, 1.54) is 21.5 Å². The molecular weight excluding hydrogens is 345 g/mol. The summed E-state index contributed by atoms with van der Waals surface area (Å²) in [6, 6.07) is 41.4. The van der Waals surface area contributed by atoms with Crippen molar-refractivity contribution in [3.8, 4) is 0 Å². The van der Waals surface area contributed by atoms with Crippen molar-refractivity contribution in [3.05, 3.63) is 121 Å². The molecular formula is C25H24NP. The van der Waals surface area contributed by atoms with Crippen LogP contribution in [0, 0.1) is 0 Å². The van der Waals surface area contributed by atoms with Crippen LogP contribution in [0.15, 0.2) is 115 Å². The summed E-state index contributed by atoms with van der Waals surface area (Å²) >= 11 is 0. The average molecular weight is 369 g/mol. The molecule has 134 valence electrons. The third-order valence-electron chi connectivity index (χ3n) is 5.25. The number of hydrogen-bond acceptors (Lipinski definition) is 1. The van der Waals surface area contributed by atoms with Crippen LogP contribution in [0.4, 0.5) is 5.69 Å². The molecule has 2 N–H and O–H groups in total. The van der Waals surface area contributed by atoms with Gasteiger partial charge in [-0.2, -0.15) is 0 Å². The number of anilines is 1. The van der Waals surface area contributed by atoms with Gasteiger partial charge in [0.25, 0.3) is 0 Å². The Kier molecular flexibility index (Phi) is 5.05. The van der Waals surface area contributed by atoms with Crippen LogP contribution in [0.1, 0.15) is 5.56 Å². The summed E-state index contributed by atoms with van der Waals surface area (Å²) in [5, 5.41) is 4.29. The average Bonchev–Trinajstić information content (AvgIpc) is 2.75. The minimum absolute atomic E-state index is 0.810.